The Hall–Kier alpha value is -0.150. The van der Waals surface area contributed by atoms with Crippen molar-refractivity contribution < 1.29 is 0 Å². The largest absolute Gasteiger partial charge is 0.398 e. The fourth-order valence-electron chi connectivity index (χ4n) is 0.910. The Morgan fingerprint density at radius 2 is 2.23 bits per heavy atom. The summed E-state index contributed by atoms with van der Waals surface area (Å²) >= 11 is 5.27. The number of rotatable bonds is 3. The van der Waals surface area contributed by atoms with Crippen LogP contribution in [0.5, 0.6) is 0 Å². The van der Waals surface area contributed by atoms with Gasteiger partial charge in [-0.05, 0) is 24.6 Å². The second-order valence-corrected chi connectivity index (χ2v) is 5.41. The number of benzene rings is 1. The van der Waals surface area contributed by atoms with Gasteiger partial charge in [-0.3, -0.25) is 0 Å². The van der Waals surface area contributed by atoms with Crippen LogP contribution in [0.15, 0.2) is 27.6 Å². The number of hydrogen-bond acceptors (Lipinski definition) is 2. The second-order valence-electron chi connectivity index (χ2n) is 3.02. The molecule has 0 aliphatic heterocycles. The number of thioether (sulfide) groups is 1. The topological polar surface area (TPSA) is 26.0 Å². The lowest BCUT2D eigenvalue weighted by molar-refractivity contribution is 0.906. The van der Waals surface area contributed by atoms with Crippen LogP contribution in [0.2, 0.25) is 0 Å². The van der Waals surface area contributed by atoms with E-state index in [0.29, 0.717) is 5.25 Å². The fourth-order valence-corrected chi connectivity index (χ4v) is 2.42. The van der Waals surface area contributed by atoms with Crippen molar-refractivity contribution in [2.24, 2.45) is 0 Å². The average molecular weight is 260 g/mol. The summed E-state index contributed by atoms with van der Waals surface area (Å²) in [4.78, 5) is 1.17. The summed E-state index contributed by atoms with van der Waals surface area (Å²) in [5.41, 5.74) is 6.72. The van der Waals surface area contributed by atoms with Crippen molar-refractivity contribution in [1.29, 1.82) is 0 Å². The zero-order valence-electron chi connectivity index (χ0n) is 7.88. The van der Waals surface area contributed by atoms with Crippen molar-refractivity contribution in [3.63, 3.8) is 0 Å². The summed E-state index contributed by atoms with van der Waals surface area (Å²) < 4.78 is 1.09. The maximum absolute atomic E-state index is 5.85. The number of halogens is 1. The maximum atomic E-state index is 5.85. The fraction of sp³-hybridized carbons (Fsp3) is 0.400. The van der Waals surface area contributed by atoms with E-state index in [1.54, 1.807) is 0 Å². The lowest BCUT2D eigenvalue weighted by Gasteiger charge is -2.10. The third kappa shape index (κ3) is 3.24. The standard InChI is InChI=1S/C10H14BrNS/c1-3-7(2)13-10-6-8(11)4-5-9(10)12/h4-7H,3,12H2,1-2H3. The summed E-state index contributed by atoms with van der Waals surface area (Å²) in [6.07, 6.45) is 1.16. The first-order chi connectivity index (χ1) is 6.13. The predicted octanol–water partition coefficient (Wildman–Crippen LogP) is 3.92. The lowest BCUT2D eigenvalue weighted by Crippen LogP contribution is -1.95. The van der Waals surface area contributed by atoms with Crippen LogP contribution < -0.4 is 5.73 Å². The Kier molecular flexibility index (Phi) is 4.13. The van der Waals surface area contributed by atoms with Gasteiger partial charge < -0.3 is 5.73 Å². The summed E-state index contributed by atoms with van der Waals surface area (Å²) in [6.45, 7) is 4.40. The average Bonchev–Trinajstić information content (AvgIpc) is 2.11. The van der Waals surface area contributed by atoms with Gasteiger partial charge in [-0.15, -0.1) is 11.8 Å². The van der Waals surface area contributed by atoms with Gasteiger partial charge in [-0.1, -0.05) is 29.8 Å². The second kappa shape index (κ2) is 4.91. The molecule has 0 aliphatic carbocycles. The summed E-state index contributed by atoms with van der Waals surface area (Å²) in [5, 5.41) is 0.622. The molecule has 0 amide bonds. The van der Waals surface area contributed by atoms with Crippen molar-refractivity contribution in [3.05, 3.63) is 22.7 Å². The van der Waals surface area contributed by atoms with Gasteiger partial charge in [-0.2, -0.15) is 0 Å². The van der Waals surface area contributed by atoms with Crippen molar-refractivity contribution in [3.8, 4) is 0 Å². The van der Waals surface area contributed by atoms with Gasteiger partial charge in [0.25, 0.3) is 0 Å². The molecule has 13 heavy (non-hydrogen) atoms. The Morgan fingerprint density at radius 1 is 1.54 bits per heavy atom. The van der Waals surface area contributed by atoms with Gasteiger partial charge >= 0.3 is 0 Å². The molecule has 0 aromatic heterocycles. The highest BCUT2D eigenvalue weighted by Crippen LogP contribution is 2.32. The SMILES string of the molecule is CCC(C)Sc1cc(Br)ccc1N. The van der Waals surface area contributed by atoms with Crippen LogP contribution in [0.3, 0.4) is 0 Å². The molecule has 1 aromatic rings. The Bertz CT molecular complexity index is 288. The quantitative estimate of drug-likeness (QED) is 0.658. The van der Waals surface area contributed by atoms with Gasteiger partial charge in [0.1, 0.15) is 0 Å². The first-order valence-corrected chi connectivity index (χ1v) is 6.02. The summed E-state index contributed by atoms with van der Waals surface area (Å²) in [6, 6.07) is 5.98. The van der Waals surface area contributed by atoms with Crippen LogP contribution in [-0.2, 0) is 0 Å². The minimum Gasteiger partial charge on any atom is -0.398 e. The van der Waals surface area contributed by atoms with E-state index < -0.39 is 0 Å². The van der Waals surface area contributed by atoms with E-state index in [2.05, 4.69) is 35.8 Å². The Labute approximate surface area is 92.2 Å². The first-order valence-electron chi connectivity index (χ1n) is 4.35. The molecular formula is C10H14BrNS. The molecule has 1 nitrogen and oxygen atoms in total. The van der Waals surface area contributed by atoms with E-state index in [0.717, 1.165) is 16.6 Å². The van der Waals surface area contributed by atoms with Crippen molar-refractivity contribution in [2.45, 2.75) is 30.4 Å². The third-order valence-electron chi connectivity index (χ3n) is 1.88. The number of anilines is 1. The normalized spacial score (nSPS) is 12.8. The molecule has 1 aromatic carbocycles. The summed E-state index contributed by atoms with van der Waals surface area (Å²) in [5.74, 6) is 0. The van der Waals surface area contributed by atoms with Gasteiger partial charge in [0.05, 0.1) is 0 Å². The van der Waals surface area contributed by atoms with Crippen LogP contribution in [0.4, 0.5) is 5.69 Å². The number of nitrogen functional groups attached to an aromatic ring is 1. The third-order valence-corrected chi connectivity index (χ3v) is 3.72. The molecule has 1 unspecified atom stereocenters. The minimum atomic E-state index is 0.622. The van der Waals surface area contributed by atoms with Crippen molar-refractivity contribution >= 4 is 33.4 Å². The van der Waals surface area contributed by atoms with Gasteiger partial charge in [0.2, 0.25) is 0 Å². The van der Waals surface area contributed by atoms with Gasteiger partial charge in [0, 0.05) is 20.3 Å². The van der Waals surface area contributed by atoms with E-state index in [4.69, 9.17) is 5.73 Å². The Balaban J connectivity index is 2.81. The molecule has 1 rings (SSSR count). The molecule has 0 heterocycles. The van der Waals surface area contributed by atoms with E-state index in [-0.39, 0.29) is 0 Å². The minimum absolute atomic E-state index is 0.622. The zero-order valence-corrected chi connectivity index (χ0v) is 10.3. The molecule has 2 N–H and O–H groups in total. The smallest absolute Gasteiger partial charge is 0.0453 e. The monoisotopic (exact) mass is 259 g/mol. The molecular weight excluding hydrogens is 246 g/mol. The van der Waals surface area contributed by atoms with Gasteiger partial charge in [-0.25, -0.2) is 0 Å². The van der Waals surface area contributed by atoms with Crippen LogP contribution in [0.1, 0.15) is 20.3 Å². The predicted molar refractivity (Wildman–Crippen MR) is 64.2 cm³/mol. The lowest BCUT2D eigenvalue weighted by atomic mass is 10.3. The molecule has 0 spiro atoms. The maximum Gasteiger partial charge on any atom is 0.0453 e. The van der Waals surface area contributed by atoms with Crippen molar-refractivity contribution in [1.82, 2.24) is 0 Å². The van der Waals surface area contributed by atoms with E-state index >= 15 is 0 Å². The van der Waals surface area contributed by atoms with Crippen LogP contribution >= 0.6 is 27.7 Å². The number of hydrogen-bond donors (Lipinski definition) is 1. The highest BCUT2D eigenvalue weighted by molar-refractivity contribution is 9.10. The molecule has 0 saturated heterocycles. The Morgan fingerprint density at radius 3 is 2.85 bits per heavy atom. The molecule has 3 heteroatoms. The molecule has 0 fully saturated rings. The van der Waals surface area contributed by atoms with Crippen molar-refractivity contribution in [2.75, 3.05) is 5.73 Å². The van der Waals surface area contributed by atoms with Gasteiger partial charge in [0.15, 0.2) is 0 Å². The van der Waals surface area contributed by atoms with Crippen LogP contribution in [0, 0.1) is 0 Å². The van der Waals surface area contributed by atoms with Crippen LogP contribution in [0.25, 0.3) is 0 Å². The summed E-state index contributed by atoms with van der Waals surface area (Å²) in [7, 11) is 0. The molecule has 0 radical (unpaired) electrons. The molecule has 0 saturated carbocycles. The zero-order chi connectivity index (χ0) is 9.84. The molecule has 0 bridgehead atoms. The van der Waals surface area contributed by atoms with E-state index in [9.17, 15) is 0 Å². The highest BCUT2D eigenvalue weighted by atomic mass is 79.9. The van der Waals surface area contributed by atoms with Crippen LogP contribution in [-0.4, -0.2) is 5.25 Å². The van der Waals surface area contributed by atoms with E-state index in [1.165, 1.54) is 4.90 Å². The first kappa shape index (κ1) is 10.9. The molecule has 0 aliphatic rings. The van der Waals surface area contributed by atoms with E-state index in [1.807, 2.05) is 23.9 Å². The molecule has 1 atom stereocenters. The number of nitrogens with two attached hydrogens (primary N) is 1. The highest BCUT2D eigenvalue weighted by Gasteiger charge is 2.05. The molecule has 72 valence electrons.